The fraction of sp³-hybridized carbons (Fsp3) is 0.909. The lowest BCUT2D eigenvalue weighted by Crippen LogP contribution is -2.20. The lowest BCUT2D eigenvalue weighted by atomic mass is 9.86. The zero-order chi connectivity index (χ0) is 9.40. The Labute approximate surface area is 77.3 Å². The molecule has 1 aliphatic rings. The van der Waals surface area contributed by atoms with Gasteiger partial charge in [0.2, 0.25) is 0 Å². The first kappa shape index (κ1) is 11.7. The van der Waals surface area contributed by atoms with Crippen LogP contribution in [0.3, 0.4) is 0 Å². The molecule has 0 aromatic carbocycles. The second-order valence-corrected chi connectivity index (χ2v) is 3.24. The smallest absolute Gasteiger partial charge is 0.0521 e. The van der Waals surface area contributed by atoms with Crippen LogP contribution in [-0.2, 0) is 0 Å². The molecule has 1 aliphatic carbocycles. The van der Waals surface area contributed by atoms with Crippen molar-refractivity contribution in [2.75, 3.05) is 0 Å². The van der Waals surface area contributed by atoms with Crippen molar-refractivity contribution >= 4 is 6.21 Å². The predicted molar refractivity (Wildman–Crippen MR) is 56.9 cm³/mol. The summed E-state index contributed by atoms with van der Waals surface area (Å²) in [6.07, 6.45) is 7.43. The molecule has 1 saturated carbocycles. The van der Waals surface area contributed by atoms with Crippen LogP contribution in [-0.4, -0.2) is 12.3 Å². The Balaban J connectivity index is 0.000000561. The molecule has 0 bridgehead atoms. The molecule has 12 heavy (non-hydrogen) atoms. The van der Waals surface area contributed by atoms with Gasteiger partial charge in [-0.25, -0.2) is 0 Å². The normalized spacial score (nSPS) is 29.7. The first-order valence-corrected chi connectivity index (χ1v) is 5.32. The third kappa shape index (κ3) is 3.89. The van der Waals surface area contributed by atoms with Crippen LogP contribution in [0.25, 0.3) is 0 Å². The molecular formula is C11H23N. The van der Waals surface area contributed by atoms with E-state index in [4.69, 9.17) is 0 Å². The standard InChI is InChI=1S/C9H17N.C2H6/c1-3-10-9-7-5-4-6-8(9)2;1-2/h3,8-9H,4-7H2,1-2H3;1-2H3. The molecule has 1 nitrogen and oxygen atoms in total. The molecule has 0 saturated heterocycles. The van der Waals surface area contributed by atoms with Crippen LogP contribution < -0.4 is 0 Å². The van der Waals surface area contributed by atoms with Crippen molar-refractivity contribution in [2.45, 2.75) is 59.4 Å². The summed E-state index contributed by atoms with van der Waals surface area (Å²) < 4.78 is 0. The van der Waals surface area contributed by atoms with Gasteiger partial charge in [-0.3, -0.25) is 4.99 Å². The number of hydrogen-bond donors (Lipinski definition) is 0. The Morgan fingerprint density at radius 1 is 1.17 bits per heavy atom. The third-order valence-corrected chi connectivity index (χ3v) is 2.41. The van der Waals surface area contributed by atoms with Gasteiger partial charge in [-0.1, -0.05) is 33.6 Å². The van der Waals surface area contributed by atoms with Gasteiger partial charge in [0.1, 0.15) is 0 Å². The average Bonchev–Trinajstić information content (AvgIpc) is 2.13. The summed E-state index contributed by atoms with van der Waals surface area (Å²) in [5.74, 6) is 0.824. The van der Waals surface area contributed by atoms with Crippen molar-refractivity contribution in [1.82, 2.24) is 0 Å². The minimum atomic E-state index is 0.638. The van der Waals surface area contributed by atoms with E-state index < -0.39 is 0 Å². The topological polar surface area (TPSA) is 12.4 Å². The second-order valence-electron chi connectivity index (χ2n) is 3.24. The summed E-state index contributed by atoms with van der Waals surface area (Å²) in [5, 5.41) is 0. The van der Waals surface area contributed by atoms with E-state index in [9.17, 15) is 0 Å². The molecule has 0 N–H and O–H groups in total. The maximum absolute atomic E-state index is 4.44. The minimum absolute atomic E-state index is 0.638. The SMILES string of the molecule is CC.CC=NC1CCCCC1C. The van der Waals surface area contributed by atoms with Crippen LogP contribution in [0.1, 0.15) is 53.4 Å². The summed E-state index contributed by atoms with van der Waals surface area (Å²) in [7, 11) is 0. The van der Waals surface area contributed by atoms with Gasteiger partial charge in [0.15, 0.2) is 0 Å². The third-order valence-electron chi connectivity index (χ3n) is 2.41. The first-order valence-electron chi connectivity index (χ1n) is 5.32. The molecule has 0 spiro atoms. The summed E-state index contributed by atoms with van der Waals surface area (Å²) >= 11 is 0. The molecule has 1 heteroatoms. The molecule has 1 fully saturated rings. The number of hydrogen-bond acceptors (Lipinski definition) is 1. The van der Waals surface area contributed by atoms with Crippen molar-refractivity contribution in [3.05, 3.63) is 0 Å². The van der Waals surface area contributed by atoms with Gasteiger partial charge < -0.3 is 0 Å². The van der Waals surface area contributed by atoms with E-state index in [1.807, 2.05) is 27.0 Å². The van der Waals surface area contributed by atoms with Gasteiger partial charge in [-0.2, -0.15) is 0 Å². The van der Waals surface area contributed by atoms with Crippen LogP contribution in [0.5, 0.6) is 0 Å². The highest BCUT2D eigenvalue weighted by molar-refractivity contribution is 5.53. The molecule has 0 aromatic heterocycles. The van der Waals surface area contributed by atoms with E-state index in [1.54, 1.807) is 0 Å². The van der Waals surface area contributed by atoms with Gasteiger partial charge in [0.25, 0.3) is 0 Å². The molecule has 0 aliphatic heterocycles. The zero-order valence-electron chi connectivity index (χ0n) is 9.01. The Kier molecular flexibility index (Phi) is 7.12. The summed E-state index contributed by atoms with van der Waals surface area (Å²) in [6, 6.07) is 0.638. The monoisotopic (exact) mass is 169 g/mol. The summed E-state index contributed by atoms with van der Waals surface area (Å²) in [6.45, 7) is 8.33. The van der Waals surface area contributed by atoms with Crippen LogP contribution >= 0.6 is 0 Å². The molecule has 2 unspecified atom stereocenters. The van der Waals surface area contributed by atoms with Gasteiger partial charge in [0.05, 0.1) is 6.04 Å². The fourth-order valence-corrected chi connectivity index (χ4v) is 1.71. The second kappa shape index (κ2) is 7.33. The van der Waals surface area contributed by atoms with Crippen molar-refractivity contribution < 1.29 is 0 Å². The lowest BCUT2D eigenvalue weighted by Gasteiger charge is -2.24. The average molecular weight is 169 g/mol. The van der Waals surface area contributed by atoms with E-state index >= 15 is 0 Å². The predicted octanol–water partition coefficient (Wildman–Crippen LogP) is 3.68. The molecule has 2 atom stereocenters. The number of rotatable bonds is 1. The van der Waals surface area contributed by atoms with Gasteiger partial charge >= 0.3 is 0 Å². The van der Waals surface area contributed by atoms with Crippen LogP contribution in [0, 0.1) is 5.92 Å². The van der Waals surface area contributed by atoms with Crippen LogP contribution in [0.15, 0.2) is 4.99 Å². The minimum Gasteiger partial charge on any atom is -0.294 e. The molecular weight excluding hydrogens is 146 g/mol. The maximum atomic E-state index is 4.44. The van der Waals surface area contributed by atoms with Crippen molar-refractivity contribution in [2.24, 2.45) is 10.9 Å². The Morgan fingerprint density at radius 3 is 2.25 bits per heavy atom. The number of aliphatic imine (C=N–C) groups is 1. The summed E-state index contributed by atoms with van der Waals surface area (Å²) in [5.41, 5.74) is 0. The number of nitrogens with zero attached hydrogens (tertiary/aromatic N) is 1. The first-order chi connectivity index (χ1) is 5.84. The highest BCUT2D eigenvalue weighted by Gasteiger charge is 2.18. The van der Waals surface area contributed by atoms with Crippen LogP contribution in [0.4, 0.5) is 0 Å². The molecule has 1 rings (SSSR count). The quantitative estimate of drug-likeness (QED) is 0.531. The van der Waals surface area contributed by atoms with E-state index in [1.165, 1.54) is 25.7 Å². The Bertz CT molecular complexity index is 118. The highest BCUT2D eigenvalue weighted by Crippen LogP contribution is 2.25. The molecule has 0 amide bonds. The summed E-state index contributed by atoms with van der Waals surface area (Å²) in [4.78, 5) is 4.44. The van der Waals surface area contributed by atoms with E-state index in [2.05, 4.69) is 11.9 Å². The van der Waals surface area contributed by atoms with E-state index in [0.717, 1.165) is 5.92 Å². The van der Waals surface area contributed by atoms with Crippen LogP contribution in [0.2, 0.25) is 0 Å². The highest BCUT2D eigenvalue weighted by atomic mass is 14.8. The maximum Gasteiger partial charge on any atom is 0.0521 e. The van der Waals surface area contributed by atoms with Crippen molar-refractivity contribution in [3.63, 3.8) is 0 Å². The Morgan fingerprint density at radius 2 is 1.75 bits per heavy atom. The molecule has 72 valence electrons. The largest absolute Gasteiger partial charge is 0.294 e. The van der Waals surface area contributed by atoms with E-state index in [-0.39, 0.29) is 0 Å². The lowest BCUT2D eigenvalue weighted by molar-refractivity contribution is 0.333. The van der Waals surface area contributed by atoms with Crippen molar-refractivity contribution in [3.8, 4) is 0 Å². The van der Waals surface area contributed by atoms with Gasteiger partial charge in [-0.05, 0) is 31.9 Å². The van der Waals surface area contributed by atoms with Crippen molar-refractivity contribution in [1.29, 1.82) is 0 Å². The fourth-order valence-electron chi connectivity index (χ4n) is 1.71. The Hall–Kier alpha value is -0.330. The molecule has 0 heterocycles. The van der Waals surface area contributed by atoms with E-state index in [0.29, 0.717) is 6.04 Å². The van der Waals surface area contributed by atoms with Gasteiger partial charge in [0, 0.05) is 0 Å². The zero-order valence-corrected chi connectivity index (χ0v) is 9.01. The van der Waals surface area contributed by atoms with Gasteiger partial charge in [-0.15, -0.1) is 0 Å². The molecule has 0 radical (unpaired) electrons. The molecule has 0 aromatic rings.